The van der Waals surface area contributed by atoms with E-state index < -0.39 is 0 Å². The number of esters is 1. The van der Waals surface area contributed by atoms with Gasteiger partial charge in [-0.15, -0.1) is 0 Å². The zero-order valence-corrected chi connectivity index (χ0v) is 11.6. The first-order valence-electron chi connectivity index (χ1n) is 6.22. The molecule has 0 saturated heterocycles. The number of hydrogen-bond donors (Lipinski definition) is 1. The number of carbonyl (C=O) groups excluding carboxylic acids is 1. The van der Waals surface area contributed by atoms with Crippen LogP contribution in [0.25, 0.3) is 0 Å². The Kier molecular flexibility index (Phi) is 6.15. The lowest BCUT2D eigenvalue weighted by Crippen LogP contribution is -2.27. The third kappa shape index (κ3) is 4.79. The van der Waals surface area contributed by atoms with E-state index in [1.807, 2.05) is 18.2 Å². The molecule has 2 N–H and O–H groups in total. The molecular formula is C14H21NO4. The van der Waals surface area contributed by atoms with E-state index in [4.69, 9.17) is 19.9 Å². The lowest BCUT2D eigenvalue weighted by atomic mass is 10.0. The molecule has 0 amide bonds. The van der Waals surface area contributed by atoms with Gasteiger partial charge in [0.05, 0.1) is 27.2 Å². The minimum Gasteiger partial charge on any atom is -0.493 e. The Bertz CT molecular complexity index is 420. The van der Waals surface area contributed by atoms with Gasteiger partial charge in [-0.2, -0.15) is 0 Å². The molecule has 0 saturated carbocycles. The van der Waals surface area contributed by atoms with Crippen molar-refractivity contribution in [1.29, 1.82) is 0 Å². The van der Waals surface area contributed by atoms with Gasteiger partial charge in [-0.3, -0.25) is 4.79 Å². The van der Waals surface area contributed by atoms with Gasteiger partial charge < -0.3 is 19.9 Å². The summed E-state index contributed by atoms with van der Waals surface area (Å²) < 4.78 is 15.3. The number of benzene rings is 1. The second kappa shape index (κ2) is 7.63. The van der Waals surface area contributed by atoms with Gasteiger partial charge in [-0.1, -0.05) is 6.07 Å². The summed E-state index contributed by atoms with van der Waals surface area (Å²) in [5.41, 5.74) is 6.92. The van der Waals surface area contributed by atoms with E-state index in [1.165, 1.54) is 0 Å². The standard InChI is InChI=1S/C14H21NO4/c1-4-19-14(16)9-11(15)7-10-5-6-12(17-2)13(8-10)18-3/h5-6,8,11H,4,7,9,15H2,1-3H3. The molecule has 1 unspecified atom stereocenters. The van der Waals surface area contributed by atoms with Crippen LogP contribution in [0.15, 0.2) is 18.2 Å². The van der Waals surface area contributed by atoms with Crippen molar-refractivity contribution in [3.05, 3.63) is 23.8 Å². The van der Waals surface area contributed by atoms with E-state index >= 15 is 0 Å². The summed E-state index contributed by atoms with van der Waals surface area (Å²) in [4.78, 5) is 11.3. The third-order valence-corrected chi connectivity index (χ3v) is 2.68. The first-order valence-corrected chi connectivity index (χ1v) is 6.22. The normalized spacial score (nSPS) is 11.8. The second-order valence-corrected chi connectivity index (χ2v) is 4.16. The van der Waals surface area contributed by atoms with Gasteiger partial charge in [0.1, 0.15) is 0 Å². The van der Waals surface area contributed by atoms with E-state index in [-0.39, 0.29) is 18.4 Å². The Morgan fingerprint density at radius 3 is 2.53 bits per heavy atom. The monoisotopic (exact) mass is 267 g/mol. The number of rotatable bonds is 7. The van der Waals surface area contributed by atoms with Crippen LogP contribution in [0.5, 0.6) is 11.5 Å². The lowest BCUT2D eigenvalue weighted by Gasteiger charge is -2.13. The van der Waals surface area contributed by atoms with Crippen LogP contribution in [0.4, 0.5) is 0 Å². The summed E-state index contributed by atoms with van der Waals surface area (Å²) in [5.74, 6) is 1.06. The molecule has 0 heterocycles. The molecule has 19 heavy (non-hydrogen) atoms. The van der Waals surface area contributed by atoms with E-state index in [0.717, 1.165) is 5.56 Å². The van der Waals surface area contributed by atoms with Gasteiger partial charge in [0.2, 0.25) is 0 Å². The van der Waals surface area contributed by atoms with E-state index in [0.29, 0.717) is 24.5 Å². The van der Waals surface area contributed by atoms with Crippen LogP contribution < -0.4 is 15.2 Å². The average Bonchev–Trinajstić information content (AvgIpc) is 2.38. The van der Waals surface area contributed by atoms with Crippen molar-refractivity contribution in [3.8, 4) is 11.5 Å². The summed E-state index contributed by atoms with van der Waals surface area (Å²) in [6.07, 6.45) is 0.793. The fourth-order valence-corrected chi connectivity index (χ4v) is 1.82. The third-order valence-electron chi connectivity index (χ3n) is 2.68. The quantitative estimate of drug-likeness (QED) is 0.758. The van der Waals surface area contributed by atoms with Gasteiger partial charge in [0.15, 0.2) is 11.5 Å². The van der Waals surface area contributed by atoms with Crippen molar-refractivity contribution < 1.29 is 19.0 Å². The Balaban J connectivity index is 2.64. The molecule has 0 fully saturated rings. The van der Waals surface area contributed by atoms with Gasteiger partial charge in [0, 0.05) is 6.04 Å². The Labute approximate surface area is 113 Å². The highest BCUT2D eigenvalue weighted by molar-refractivity contribution is 5.70. The summed E-state index contributed by atoms with van der Waals surface area (Å²) in [5, 5.41) is 0. The molecule has 1 rings (SSSR count). The minimum atomic E-state index is -0.268. The number of carbonyl (C=O) groups is 1. The highest BCUT2D eigenvalue weighted by Crippen LogP contribution is 2.28. The lowest BCUT2D eigenvalue weighted by molar-refractivity contribution is -0.143. The maximum absolute atomic E-state index is 11.3. The van der Waals surface area contributed by atoms with Crippen LogP contribution in [0, 0.1) is 0 Å². The molecule has 0 aromatic heterocycles. The topological polar surface area (TPSA) is 70.8 Å². The van der Waals surface area contributed by atoms with Crippen LogP contribution in [0.2, 0.25) is 0 Å². The molecule has 1 aromatic carbocycles. The molecule has 106 valence electrons. The molecule has 0 bridgehead atoms. The second-order valence-electron chi connectivity index (χ2n) is 4.16. The van der Waals surface area contributed by atoms with Crippen molar-refractivity contribution in [2.75, 3.05) is 20.8 Å². The molecule has 1 atom stereocenters. The number of ether oxygens (including phenoxy) is 3. The summed E-state index contributed by atoms with van der Waals surface area (Å²) in [6, 6.07) is 5.33. The summed E-state index contributed by atoms with van der Waals surface area (Å²) in [6.45, 7) is 2.15. The van der Waals surface area contributed by atoms with Crippen LogP contribution in [0.3, 0.4) is 0 Å². The van der Waals surface area contributed by atoms with Crippen LogP contribution in [0.1, 0.15) is 18.9 Å². The smallest absolute Gasteiger partial charge is 0.307 e. The van der Waals surface area contributed by atoms with Crippen molar-refractivity contribution in [2.45, 2.75) is 25.8 Å². The van der Waals surface area contributed by atoms with Crippen LogP contribution >= 0.6 is 0 Å². The fraction of sp³-hybridized carbons (Fsp3) is 0.500. The average molecular weight is 267 g/mol. The largest absolute Gasteiger partial charge is 0.493 e. The maximum atomic E-state index is 11.3. The number of nitrogens with two attached hydrogens (primary N) is 1. The highest BCUT2D eigenvalue weighted by atomic mass is 16.5. The van der Waals surface area contributed by atoms with E-state index in [9.17, 15) is 4.79 Å². The molecule has 0 aliphatic rings. The van der Waals surface area contributed by atoms with Crippen molar-refractivity contribution in [3.63, 3.8) is 0 Å². The number of hydrogen-bond acceptors (Lipinski definition) is 5. The van der Waals surface area contributed by atoms with Crippen LogP contribution in [-0.4, -0.2) is 32.8 Å². The van der Waals surface area contributed by atoms with Gasteiger partial charge >= 0.3 is 5.97 Å². The molecule has 5 nitrogen and oxygen atoms in total. The highest BCUT2D eigenvalue weighted by Gasteiger charge is 2.12. The zero-order valence-electron chi connectivity index (χ0n) is 11.6. The molecule has 0 radical (unpaired) electrons. The Morgan fingerprint density at radius 1 is 1.26 bits per heavy atom. The molecular weight excluding hydrogens is 246 g/mol. The molecule has 1 aromatic rings. The minimum absolute atomic E-state index is 0.211. The maximum Gasteiger partial charge on any atom is 0.307 e. The molecule has 0 spiro atoms. The molecule has 0 aliphatic carbocycles. The first-order chi connectivity index (χ1) is 9.10. The van der Waals surface area contributed by atoms with Gasteiger partial charge in [-0.25, -0.2) is 0 Å². The Morgan fingerprint density at radius 2 is 1.95 bits per heavy atom. The molecule has 0 aliphatic heterocycles. The van der Waals surface area contributed by atoms with Crippen molar-refractivity contribution >= 4 is 5.97 Å². The summed E-state index contributed by atoms with van der Waals surface area (Å²) in [7, 11) is 3.17. The van der Waals surface area contributed by atoms with Gasteiger partial charge in [0.25, 0.3) is 0 Å². The predicted molar refractivity (Wildman–Crippen MR) is 72.5 cm³/mol. The predicted octanol–water partition coefficient (Wildman–Crippen LogP) is 1.53. The van der Waals surface area contributed by atoms with Gasteiger partial charge in [-0.05, 0) is 31.0 Å². The van der Waals surface area contributed by atoms with E-state index in [2.05, 4.69) is 0 Å². The zero-order chi connectivity index (χ0) is 14.3. The number of methoxy groups -OCH3 is 2. The SMILES string of the molecule is CCOC(=O)CC(N)Cc1ccc(OC)c(OC)c1. The van der Waals surface area contributed by atoms with Crippen molar-refractivity contribution in [2.24, 2.45) is 5.73 Å². The van der Waals surface area contributed by atoms with E-state index in [1.54, 1.807) is 21.1 Å². The molecule has 5 heteroatoms. The van der Waals surface area contributed by atoms with Crippen molar-refractivity contribution in [1.82, 2.24) is 0 Å². The first kappa shape index (κ1) is 15.3. The van der Waals surface area contributed by atoms with Crippen LogP contribution in [-0.2, 0) is 16.0 Å². The Hall–Kier alpha value is -1.75. The summed E-state index contributed by atoms with van der Waals surface area (Å²) >= 11 is 0. The fourth-order valence-electron chi connectivity index (χ4n) is 1.82.